The van der Waals surface area contributed by atoms with Crippen molar-refractivity contribution in [3.8, 4) is 10.4 Å². The third-order valence-corrected chi connectivity index (χ3v) is 6.60. The zero-order chi connectivity index (χ0) is 17.2. The summed E-state index contributed by atoms with van der Waals surface area (Å²) in [5.74, 6) is -0.477. The second-order valence-electron chi connectivity index (χ2n) is 5.62. The molecule has 1 unspecified atom stereocenters. The van der Waals surface area contributed by atoms with E-state index in [1.165, 1.54) is 23.5 Å². The molecule has 1 fully saturated rings. The van der Waals surface area contributed by atoms with E-state index in [1.807, 2.05) is 12.1 Å². The number of hydrogen-bond acceptors (Lipinski definition) is 4. The minimum Gasteiger partial charge on any atom is -0.349 e. The van der Waals surface area contributed by atoms with Gasteiger partial charge in [-0.25, -0.2) is 12.8 Å². The normalized spacial score (nSPS) is 19.6. The number of thiophene rings is 1. The number of sulfone groups is 1. The van der Waals surface area contributed by atoms with E-state index in [0.29, 0.717) is 12.0 Å². The minimum atomic E-state index is -3.01. The van der Waals surface area contributed by atoms with Crippen LogP contribution >= 0.6 is 11.3 Å². The Kier molecular flexibility index (Phi) is 4.82. The monoisotopic (exact) mass is 365 g/mol. The predicted octanol–water partition coefficient (Wildman–Crippen LogP) is 2.87. The van der Waals surface area contributed by atoms with Crippen LogP contribution < -0.4 is 5.32 Å². The molecule has 1 aromatic heterocycles. The maximum Gasteiger partial charge on any atom is 0.244 e. The first-order valence-corrected chi connectivity index (χ1v) is 10.1. The van der Waals surface area contributed by atoms with Gasteiger partial charge >= 0.3 is 0 Å². The van der Waals surface area contributed by atoms with Crippen molar-refractivity contribution in [3.63, 3.8) is 0 Å². The number of benzene rings is 1. The predicted molar refractivity (Wildman–Crippen MR) is 93.9 cm³/mol. The van der Waals surface area contributed by atoms with E-state index in [0.717, 1.165) is 9.75 Å². The van der Waals surface area contributed by atoms with Gasteiger partial charge in [0.2, 0.25) is 5.91 Å². The molecule has 1 atom stereocenters. The van der Waals surface area contributed by atoms with E-state index in [4.69, 9.17) is 0 Å². The number of carbonyl (C=O) groups excluding carboxylic acids is 1. The third-order valence-electron chi connectivity index (χ3n) is 3.74. The zero-order valence-electron chi connectivity index (χ0n) is 12.7. The number of nitrogens with one attached hydrogen (secondary N) is 1. The van der Waals surface area contributed by atoms with Gasteiger partial charge in [-0.3, -0.25) is 4.79 Å². The molecule has 1 aliphatic rings. The first kappa shape index (κ1) is 16.9. The molecule has 4 nitrogen and oxygen atoms in total. The fourth-order valence-electron chi connectivity index (χ4n) is 2.56. The van der Waals surface area contributed by atoms with Crippen molar-refractivity contribution in [2.45, 2.75) is 12.5 Å². The average Bonchev–Trinajstić information content (AvgIpc) is 3.12. The van der Waals surface area contributed by atoms with Gasteiger partial charge in [-0.2, -0.15) is 0 Å². The fourth-order valence-corrected chi connectivity index (χ4v) is 5.18. The Morgan fingerprint density at radius 1 is 1.25 bits per heavy atom. The van der Waals surface area contributed by atoms with Crippen molar-refractivity contribution >= 4 is 33.2 Å². The Balaban J connectivity index is 1.63. The Bertz CT molecular complexity index is 887. The largest absolute Gasteiger partial charge is 0.349 e. The molecular weight excluding hydrogens is 349 g/mol. The van der Waals surface area contributed by atoms with Crippen LogP contribution in [0.3, 0.4) is 0 Å². The fraction of sp³-hybridized carbons (Fsp3) is 0.235. The molecule has 0 spiro atoms. The second-order valence-corrected chi connectivity index (χ2v) is 8.97. The van der Waals surface area contributed by atoms with Crippen LogP contribution in [0.15, 0.2) is 42.5 Å². The Morgan fingerprint density at radius 3 is 2.75 bits per heavy atom. The molecule has 126 valence electrons. The molecule has 1 N–H and O–H groups in total. The topological polar surface area (TPSA) is 63.2 Å². The highest BCUT2D eigenvalue weighted by molar-refractivity contribution is 7.91. The molecule has 1 amide bonds. The summed E-state index contributed by atoms with van der Waals surface area (Å²) in [6.45, 7) is 0. The van der Waals surface area contributed by atoms with Crippen molar-refractivity contribution in [3.05, 3.63) is 53.2 Å². The van der Waals surface area contributed by atoms with Crippen LogP contribution in [0.2, 0.25) is 0 Å². The molecule has 1 aromatic carbocycles. The molecule has 3 rings (SSSR count). The van der Waals surface area contributed by atoms with Gasteiger partial charge in [-0.15, -0.1) is 11.3 Å². The lowest BCUT2D eigenvalue weighted by Crippen LogP contribution is -2.34. The van der Waals surface area contributed by atoms with Gasteiger partial charge in [0.25, 0.3) is 0 Å². The van der Waals surface area contributed by atoms with E-state index in [1.54, 1.807) is 24.3 Å². The first-order valence-electron chi connectivity index (χ1n) is 7.47. The second kappa shape index (κ2) is 6.86. The molecule has 0 bridgehead atoms. The van der Waals surface area contributed by atoms with Crippen molar-refractivity contribution in [2.75, 3.05) is 11.5 Å². The Labute approximate surface area is 143 Å². The molecule has 1 saturated heterocycles. The highest BCUT2D eigenvalue weighted by Crippen LogP contribution is 2.30. The number of halogens is 1. The molecule has 0 radical (unpaired) electrons. The van der Waals surface area contributed by atoms with E-state index in [-0.39, 0.29) is 29.3 Å². The van der Waals surface area contributed by atoms with Crippen molar-refractivity contribution in [1.82, 2.24) is 5.32 Å². The summed E-state index contributed by atoms with van der Waals surface area (Å²) in [6, 6.07) is 9.84. The summed E-state index contributed by atoms with van der Waals surface area (Å²) in [7, 11) is -3.01. The summed E-state index contributed by atoms with van der Waals surface area (Å²) < 4.78 is 36.5. The zero-order valence-corrected chi connectivity index (χ0v) is 14.4. The number of hydrogen-bond donors (Lipinski definition) is 1. The van der Waals surface area contributed by atoms with Gasteiger partial charge in [0.15, 0.2) is 9.84 Å². The van der Waals surface area contributed by atoms with Gasteiger partial charge in [0, 0.05) is 27.4 Å². The summed E-state index contributed by atoms with van der Waals surface area (Å²) in [4.78, 5) is 13.5. The SMILES string of the molecule is O=C(C=Cc1ccc(-c2ccccc2F)s1)NC1CCS(=O)(=O)C1. The highest BCUT2D eigenvalue weighted by Gasteiger charge is 2.28. The van der Waals surface area contributed by atoms with Crippen LogP contribution in [0.5, 0.6) is 0 Å². The number of rotatable bonds is 4. The Morgan fingerprint density at radius 2 is 2.04 bits per heavy atom. The first-order chi connectivity index (χ1) is 11.4. The maximum atomic E-state index is 13.8. The molecule has 7 heteroatoms. The third kappa shape index (κ3) is 4.10. The molecule has 0 saturated carbocycles. The van der Waals surface area contributed by atoms with Crippen molar-refractivity contribution < 1.29 is 17.6 Å². The van der Waals surface area contributed by atoms with E-state index in [9.17, 15) is 17.6 Å². The van der Waals surface area contributed by atoms with Crippen LogP contribution in [0.4, 0.5) is 4.39 Å². The summed E-state index contributed by atoms with van der Waals surface area (Å²) >= 11 is 1.38. The maximum absolute atomic E-state index is 13.8. The van der Waals surface area contributed by atoms with Gasteiger partial charge < -0.3 is 5.32 Å². The molecule has 2 heterocycles. The van der Waals surface area contributed by atoms with E-state index in [2.05, 4.69) is 5.32 Å². The number of carbonyl (C=O) groups is 1. The standard InChI is InChI=1S/C17H16FNO3S2/c18-15-4-2-1-3-14(15)16-7-5-13(23-16)6-8-17(20)19-12-9-10-24(21,22)11-12/h1-8,12H,9-11H2,(H,19,20). The van der Waals surface area contributed by atoms with Gasteiger partial charge in [0.05, 0.1) is 11.5 Å². The van der Waals surface area contributed by atoms with Crippen LogP contribution in [-0.4, -0.2) is 31.9 Å². The highest BCUT2D eigenvalue weighted by atomic mass is 32.2. The van der Waals surface area contributed by atoms with Crippen LogP contribution in [0.25, 0.3) is 16.5 Å². The van der Waals surface area contributed by atoms with Gasteiger partial charge in [-0.05, 0) is 30.7 Å². The molecule has 0 aliphatic carbocycles. The Hall–Kier alpha value is -1.99. The molecule has 24 heavy (non-hydrogen) atoms. The summed E-state index contributed by atoms with van der Waals surface area (Å²) in [6.07, 6.45) is 3.48. The van der Waals surface area contributed by atoms with E-state index >= 15 is 0 Å². The van der Waals surface area contributed by atoms with Crippen LogP contribution in [0.1, 0.15) is 11.3 Å². The van der Waals surface area contributed by atoms with Gasteiger partial charge in [0.1, 0.15) is 5.82 Å². The lowest BCUT2D eigenvalue weighted by Gasteiger charge is -2.07. The molecule has 1 aliphatic heterocycles. The van der Waals surface area contributed by atoms with Crippen LogP contribution in [-0.2, 0) is 14.6 Å². The van der Waals surface area contributed by atoms with Crippen LogP contribution in [0, 0.1) is 5.82 Å². The van der Waals surface area contributed by atoms with Crippen molar-refractivity contribution in [1.29, 1.82) is 0 Å². The molecular formula is C17H16FNO3S2. The summed E-state index contributed by atoms with van der Waals surface area (Å²) in [5.41, 5.74) is 0.530. The van der Waals surface area contributed by atoms with Gasteiger partial charge in [-0.1, -0.05) is 18.2 Å². The minimum absolute atomic E-state index is 0.00299. The smallest absolute Gasteiger partial charge is 0.244 e. The lowest BCUT2D eigenvalue weighted by molar-refractivity contribution is -0.116. The van der Waals surface area contributed by atoms with Crippen molar-refractivity contribution in [2.24, 2.45) is 0 Å². The average molecular weight is 365 g/mol. The summed E-state index contributed by atoms with van der Waals surface area (Å²) in [5, 5.41) is 2.69. The van der Waals surface area contributed by atoms with E-state index < -0.39 is 9.84 Å². The number of amides is 1. The molecule has 2 aromatic rings. The lowest BCUT2D eigenvalue weighted by atomic mass is 10.2. The quantitative estimate of drug-likeness (QED) is 0.848.